The lowest BCUT2D eigenvalue weighted by Gasteiger charge is -2.68. The molecule has 0 saturated heterocycles. The van der Waals surface area contributed by atoms with Crippen LogP contribution in [0.4, 0.5) is 5.69 Å². The van der Waals surface area contributed by atoms with Crippen LogP contribution < -0.4 is 5.32 Å². The van der Waals surface area contributed by atoms with Crippen molar-refractivity contribution in [2.45, 2.75) is 78.3 Å². The Morgan fingerprint density at radius 3 is 2.45 bits per heavy atom. The number of halogens is 1. The minimum Gasteiger partial charge on any atom is -0.502 e. The summed E-state index contributed by atoms with van der Waals surface area (Å²) < 4.78 is 17.2. The van der Waals surface area contributed by atoms with Crippen LogP contribution in [0.2, 0.25) is 5.02 Å². The average Bonchev–Trinajstić information content (AvgIpc) is 3.20. The Hall–Kier alpha value is -2.33. The number of nitrogens with one attached hydrogen (secondary N) is 1. The van der Waals surface area contributed by atoms with Crippen molar-refractivity contribution < 1.29 is 39.1 Å². The van der Waals surface area contributed by atoms with E-state index >= 15 is 0 Å². The lowest BCUT2D eigenvalue weighted by Crippen LogP contribution is -2.65. The quantitative estimate of drug-likeness (QED) is 0.327. The Bertz CT molecular complexity index is 1280. The molecule has 3 fully saturated rings. The molecule has 1 unspecified atom stereocenters. The fraction of sp³-hybridized carbons (Fsp3) is 0.688. The summed E-state index contributed by atoms with van der Waals surface area (Å²) in [7, 11) is 3.41. The minimum absolute atomic E-state index is 0.0169. The number of fused-ring (bicyclic) bond motifs is 3. The number of esters is 2. The summed E-state index contributed by atoms with van der Waals surface area (Å²) in [4.78, 5) is 25.7. The first-order valence-electron chi connectivity index (χ1n) is 14.9. The van der Waals surface area contributed by atoms with Crippen molar-refractivity contribution in [3.05, 3.63) is 40.1 Å². The van der Waals surface area contributed by atoms with Gasteiger partial charge in [0, 0.05) is 36.2 Å². The predicted octanol–water partition coefficient (Wildman–Crippen LogP) is 5.10. The highest BCUT2D eigenvalue weighted by Crippen LogP contribution is 2.70. The van der Waals surface area contributed by atoms with E-state index in [4.69, 9.17) is 25.8 Å². The van der Waals surface area contributed by atoms with Crippen molar-refractivity contribution in [2.75, 3.05) is 26.1 Å². The molecule has 10 atom stereocenters. The van der Waals surface area contributed by atoms with Crippen LogP contribution >= 0.6 is 11.6 Å². The van der Waals surface area contributed by atoms with Gasteiger partial charge in [-0.05, 0) is 78.9 Å². The van der Waals surface area contributed by atoms with Gasteiger partial charge in [0.1, 0.15) is 6.10 Å². The van der Waals surface area contributed by atoms with E-state index in [9.17, 15) is 24.9 Å². The van der Waals surface area contributed by atoms with Crippen LogP contribution in [-0.2, 0) is 19.0 Å². The van der Waals surface area contributed by atoms with Crippen molar-refractivity contribution in [2.24, 2.45) is 39.9 Å². The lowest BCUT2D eigenvalue weighted by molar-refractivity contribution is -0.226. The smallest absolute Gasteiger partial charge is 0.376 e. The van der Waals surface area contributed by atoms with E-state index < -0.39 is 35.5 Å². The number of benzene rings is 1. The summed E-state index contributed by atoms with van der Waals surface area (Å²) in [5.74, 6) is -2.23. The molecule has 0 amide bonds. The number of methoxy groups -OCH3 is 1. The van der Waals surface area contributed by atoms with Gasteiger partial charge in [0.25, 0.3) is 0 Å². The van der Waals surface area contributed by atoms with Gasteiger partial charge in [-0.15, -0.1) is 0 Å². The highest BCUT2D eigenvalue weighted by Gasteiger charge is 2.67. The van der Waals surface area contributed by atoms with Crippen molar-refractivity contribution in [3.8, 4) is 0 Å². The fourth-order valence-corrected chi connectivity index (χ4v) is 9.94. The first-order chi connectivity index (χ1) is 19.8. The first kappa shape index (κ1) is 31.1. The zero-order valence-corrected chi connectivity index (χ0v) is 26.0. The molecule has 9 nitrogen and oxygen atoms in total. The van der Waals surface area contributed by atoms with E-state index in [1.54, 1.807) is 32.4 Å². The number of carbonyl (C=O) groups is 2. The third-order valence-corrected chi connectivity index (χ3v) is 12.0. The van der Waals surface area contributed by atoms with Crippen molar-refractivity contribution >= 4 is 29.2 Å². The number of ether oxygens (including phenoxy) is 3. The number of hydrogen-bond donors (Lipinski definition) is 4. The highest BCUT2D eigenvalue weighted by atomic mass is 35.5. The van der Waals surface area contributed by atoms with E-state index in [0.29, 0.717) is 22.7 Å². The van der Waals surface area contributed by atoms with E-state index in [1.165, 1.54) is 0 Å². The van der Waals surface area contributed by atoms with Crippen LogP contribution in [0, 0.1) is 39.9 Å². The van der Waals surface area contributed by atoms with Crippen LogP contribution in [0.1, 0.15) is 70.2 Å². The van der Waals surface area contributed by atoms with Gasteiger partial charge in [0.15, 0.2) is 0 Å². The fourth-order valence-electron chi connectivity index (χ4n) is 9.76. The molecule has 1 aromatic carbocycles. The van der Waals surface area contributed by atoms with Gasteiger partial charge in [0.2, 0.25) is 12.0 Å². The second-order valence-electron chi connectivity index (χ2n) is 13.6. The van der Waals surface area contributed by atoms with E-state index in [1.807, 2.05) is 13.8 Å². The maximum atomic E-state index is 13.5. The summed E-state index contributed by atoms with van der Waals surface area (Å²) >= 11 is 6.20. The third kappa shape index (κ3) is 4.54. The summed E-state index contributed by atoms with van der Waals surface area (Å²) in [6.07, 6.45) is 1.38. The van der Waals surface area contributed by atoms with Gasteiger partial charge in [-0.1, -0.05) is 39.3 Å². The first-order valence-corrected chi connectivity index (χ1v) is 15.3. The molecule has 3 aliphatic carbocycles. The topological polar surface area (TPSA) is 135 Å². The standard InChI is InChI=1S/C32H44ClNO8/c1-16-20(40-6)14-22-30(2)12-10-23(41-27(37)18-13-17(33)7-8-19(18)34-5)32(4,15-35)21(30)9-11-31(22,3)25(16)24-26(36)29(39)42-28(24)38/h7-8,13,16,20-23,25,28,34-36,38H,9-12,14-15H2,1-6H3/t16-,20+,21-,22-,23+,25-,28?,30+,31+,32+/m1/s1. The Labute approximate surface area is 252 Å². The molecule has 1 aliphatic heterocycles. The molecule has 3 saturated carbocycles. The molecule has 232 valence electrons. The second-order valence-corrected chi connectivity index (χ2v) is 14.0. The summed E-state index contributed by atoms with van der Waals surface area (Å²) in [6, 6.07) is 5.04. The van der Waals surface area contributed by atoms with Crippen molar-refractivity contribution in [3.63, 3.8) is 0 Å². The SMILES string of the molecule is CNc1ccc(Cl)cc1C(=O)O[C@H]1CC[C@@]2(C)[C@@H](CC[C@@]3(C)[C@@H]2C[C@H](OC)[C@@H](C)[C@@H]3C2=C(O)C(=O)OC2O)[C@]1(C)CO. The molecular weight excluding hydrogens is 562 g/mol. The number of cyclic esters (lactones) is 1. The van der Waals surface area contributed by atoms with Crippen molar-refractivity contribution in [1.82, 2.24) is 0 Å². The van der Waals surface area contributed by atoms with E-state index in [-0.39, 0.29) is 52.8 Å². The Kier molecular flexibility index (Phi) is 8.14. The molecule has 0 radical (unpaired) electrons. The van der Waals surface area contributed by atoms with Gasteiger partial charge in [-0.2, -0.15) is 0 Å². The Balaban J connectivity index is 1.50. The van der Waals surface area contributed by atoms with Crippen LogP contribution in [-0.4, -0.2) is 66.5 Å². The lowest BCUT2D eigenvalue weighted by atomic mass is 9.37. The predicted molar refractivity (Wildman–Crippen MR) is 157 cm³/mol. The van der Waals surface area contributed by atoms with Gasteiger partial charge in [-0.25, -0.2) is 9.59 Å². The summed E-state index contributed by atoms with van der Waals surface area (Å²) in [5.41, 5.74) is -0.164. The summed E-state index contributed by atoms with van der Waals surface area (Å²) in [5, 5.41) is 35.9. The molecule has 0 bridgehead atoms. The summed E-state index contributed by atoms with van der Waals surface area (Å²) in [6.45, 7) is 8.38. The van der Waals surface area contributed by atoms with E-state index in [0.717, 1.165) is 25.7 Å². The van der Waals surface area contributed by atoms with Crippen LogP contribution in [0.25, 0.3) is 0 Å². The Morgan fingerprint density at radius 2 is 1.86 bits per heavy atom. The normalized spacial score (nSPS) is 41.5. The monoisotopic (exact) mass is 605 g/mol. The van der Waals surface area contributed by atoms with Gasteiger partial charge in [0.05, 0.1) is 23.8 Å². The number of aliphatic hydroxyl groups excluding tert-OH is 3. The minimum atomic E-state index is -1.49. The zero-order valence-electron chi connectivity index (χ0n) is 25.3. The molecule has 4 N–H and O–H groups in total. The van der Waals surface area contributed by atoms with E-state index in [2.05, 4.69) is 19.2 Å². The molecule has 1 heterocycles. The number of hydrogen-bond acceptors (Lipinski definition) is 9. The molecule has 10 heteroatoms. The maximum Gasteiger partial charge on any atom is 0.376 e. The highest BCUT2D eigenvalue weighted by molar-refractivity contribution is 6.31. The number of rotatable bonds is 6. The maximum absolute atomic E-state index is 13.5. The largest absolute Gasteiger partial charge is 0.502 e. The Morgan fingerprint density at radius 1 is 1.17 bits per heavy atom. The van der Waals surface area contributed by atoms with Gasteiger partial charge >= 0.3 is 11.9 Å². The van der Waals surface area contributed by atoms with Crippen molar-refractivity contribution in [1.29, 1.82) is 0 Å². The third-order valence-electron chi connectivity index (χ3n) is 11.8. The van der Waals surface area contributed by atoms with Gasteiger partial charge < -0.3 is 34.8 Å². The zero-order chi connectivity index (χ0) is 30.8. The van der Waals surface area contributed by atoms with Crippen LogP contribution in [0.5, 0.6) is 0 Å². The van der Waals surface area contributed by atoms with Gasteiger partial charge in [-0.3, -0.25) is 0 Å². The molecule has 4 aliphatic rings. The molecule has 42 heavy (non-hydrogen) atoms. The number of carbonyl (C=O) groups excluding carboxylic acids is 2. The molecule has 0 aromatic heterocycles. The van der Waals surface area contributed by atoms with Crippen LogP contribution in [0.3, 0.4) is 0 Å². The second kappa shape index (κ2) is 11.0. The molecule has 1 aromatic rings. The molecule has 0 spiro atoms. The average molecular weight is 606 g/mol. The van der Waals surface area contributed by atoms with Crippen LogP contribution in [0.15, 0.2) is 29.5 Å². The number of aliphatic hydroxyl groups is 3. The molecular formula is C32H44ClNO8. The number of anilines is 1. The molecule has 5 rings (SSSR count).